The molecule has 0 radical (unpaired) electrons. The van der Waals surface area contributed by atoms with Gasteiger partial charge in [-0.1, -0.05) is 88.4 Å². The monoisotopic (exact) mass is 1090 g/mol. The number of hydrazine groups is 2. The number of rotatable bonds is 13. The number of aliphatic hydroxyl groups excluding tert-OH is 1. The normalized spacial score (nSPS) is 21.4. The Morgan fingerprint density at radius 1 is 0.785 bits per heavy atom. The summed E-state index contributed by atoms with van der Waals surface area (Å²) in [6.45, 7) is 14.5. The fourth-order valence-electron chi connectivity index (χ4n) is 9.43. The van der Waals surface area contributed by atoms with Crippen molar-refractivity contribution in [3.05, 3.63) is 108 Å². The molecule has 4 aromatic rings. The molecule has 8 rings (SSSR count). The zero-order chi connectivity index (χ0) is 57.5. The Labute approximate surface area is 462 Å². The summed E-state index contributed by atoms with van der Waals surface area (Å²) in [6, 6.07) is 26.8. The first-order chi connectivity index (χ1) is 37.6. The molecule has 4 amide bonds. The Kier molecular flexibility index (Phi) is 21.8. The predicted octanol–water partition coefficient (Wildman–Crippen LogP) is 6.68. The Hall–Kier alpha value is -7.48. The van der Waals surface area contributed by atoms with Crippen LogP contribution in [0.3, 0.4) is 0 Å². The molecule has 8 atom stereocenters. The predicted molar refractivity (Wildman–Crippen MR) is 294 cm³/mol. The number of carboxylic acids is 1. The minimum atomic E-state index is -1.03. The van der Waals surface area contributed by atoms with Crippen molar-refractivity contribution in [3.8, 4) is 33.8 Å². The van der Waals surface area contributed by atoms with E-state index in [2.05, 4.69) is 21.5 Å². The molecule has 4 aliphatic rings. The molecule has 4 aliphatic heterocycles. The second-order valence-corrected chi connectivity index (χ2v) is 21.2. The number of benzene rings is 4. The van der Waals surface area contributed by atoms with Crippen LogP contribution in [0, 0.1) is 23.7 Å². The molecule has 19 heteroatoms. The highest BCUT2D eigenvalue weighted by molar-refractivity contribution is 5.93. The van der Waals surface area contributed by atoms with Gasteiger partial charge in [-0.15, -0.1) is 0 Å². The highest BCUT2D eigenvalue weighted by Gasteiger charge is 2.35. The first kappa shape index (κ1) is 60.7. The molecule has 2 saturated heterocycles. The van der Waals surface area contributed by atoms with Gasteiger partial charge in [-0.3, -0.25) is 48.4 Å². The van der Waals surface area contributed by atoms with Gasteiger partial charge in [0.15, 0.2) is 11.6 Å². The quantitative estimate of drug-likeness (QED) is 0.0763. The number of ketones is 2. The van der Waals surface area contributed by atoms with E-state index in [-0.39, 0.29) is 61.3 Å². The summed E-state index contributed by atoms with van der Waals surface area (Å²) in [4.78, 5) is 102. The Bertz CT molecular complexity index is 2780. The minimum Gasteiger partial charge on any atom is -0.486 e. The molecule has 4 aromatic carbocycles. The van der Waals surface area contributed by atoms with Crippen LogP contribution >= 0.6 is 0 Å². The van der Waals surface area contributed by atoms with Crippen LogP contribution in [0.25, 0.3) is 22.3 Å². The van der Waals surface area contributed by atoms with Crippen LogP contribution in [0.1, 0.15) is 117 Å². The van der Waals surface area contributed by atoms with E-state index in [1.807, 2.05) is 107 Å². The maximum Gasteiger partial charge on any atom is 0.325 e. The lowest BCUT2D eigenvalue weighted by atomic mass is 9.89. The van der Waals surface area contributed by atoms with Crippen LogP contribution in [-0.2, 0) is 43.1 Å². The Morgan fingerprint density at radius 3 is 2.08 bits per heavy atom. The Balaban J connectivity index is 0.000000255. The van der Waals surface area contributed by atoms with Crippen LogP contribution < -0.4 is 31.0 Å². The van der Waals surface area contributed by atoms with Crippen molar-refractivity contribution in [2.75, 3.05) is 26.3 Å². The van der Waals surface area contributed by atoms with Crippen LogP contribution in [0.4, 0.5) is 0 Å². The van der Waals surface area contributed by atoms with E-state index in [1.165, 1.54) is 10.0 Å². The largest absolute Gasteiger partial charge is 0.486 e. The maximum atomic E-state index is 13.1. The van der Waals surface area contributed by atoms with Gasteiger partial charge >= 0.3 is 11.9 Å². The number of hydrogen-bond acceptors (Lipinski definition) is 14. The molecule has 424 valence electrons. The topological polar surface area (TPSA) is 259 Å². The average Bonchev–Trinajstić information content (AvgIpc) is 3.45. The first-order valence-electron chi connectivity index (χ1n) is 27.1. The van der Waals surface area contributed by atoms with Crippen LogP contribution in [0.5, 0.6) is 11.5 Å². The van der Waals surface area contributed by atoms with Crippen molar-refractivity contribution >= 4 is 47.1 Å². The average molecular weight is 1090 g/mol. The zero-order valence-electron chi connectivity index (χ0n) is 46.4. The van der Waals surface area contributed by atoms with Crippen LogP contribution in [-0.4, -0.2) is 118 Å². The number of aliphatic hydroxyl groups is 1. The van der Waals surface area contributed by atoms with Gasteiger partial charge in [0.2, 0.25) is 11.8 Å². The van der Waals surface area contributed by atoms with Gasteiger partial charge in [0.1, 0.15) is 55.0 Å². The van der Waals surface area contributed by atoms with Crippen molar-refractivity contribution < 1.29 is 62.8 Å². The van der Waals surface area contributed by atoms with Crippen LogP contribution in [0.2, 0.25) is 0 Å². The number of nitrogens with one attached hydrogen (secondary N) is 4. The van der Waals surface area contributed by atoms with E-state index in [4.69, 9.17) is 14.2 Å². The zero-order valence-corrected chi connectivity index (χ0v) is 46.4. The number of Topliss-reactive ketones (excluding diaryl/α,β-unsaturated/α-hetero) is 2. The third kappa shape index (κ3) is 17.3. The molecule has 1 unspecified atom stereocenters. The summed E-state index contributed by atoms with van der Waals surface area (Å²) in [7, 11) is 0. The number of esters is 1. The number of carbonyl (C=O) groups excluding carboxylic acids is 7. The Morgan fingerprint density at radius 2 is 1.43 bits per heavy atom. The number of carbonyl (C=O) groups is 8. The smallest absolute Gasteiger partial charge is 0.325 e. The summed E-state index contributed by atoms with van der Waals surface area (Å²) >= 11 is 0. The number of ether oxygens (including phenoxy) is 3. The molecule has 0 aliphatic carbocycles. The molecule has 6 N–H and O–H groups in total. The molecule has 6 bridgehead atoms. The van der Waals surface area contributed by atoms with Gasteiger partial charge in [0, 0.05) is 37.8 Å². The van der Waals surface area contributed by atoms with Gasteiger partial charge in [-0.2, -0.15) is 0 Å². The van der Waals surface area contributed by atoms with Gasteiger partial charge in [0.25, 0.3) is 11.8 Å². The molecule has 4 heterocycles. The number of fused-ring (bicyclic) bond motifs is 12. The third-order valence-corrected chi connectivity index (χ3v) is 14.3. The number of carboxylic acid groups (broad SMARTS) is 1. The van der Waals surface area contributed by atoms with Gasteiger partial charge in [-0.25, -0.2) is 10.9 Å². The third-order valence-electron chi connectivity index (χ3n) is 14.3. The minimum absolute atomic E-state index is 0.00332. The lowest BCUT2D eigenvalue weighted by Crippen LogP contribution is -2.59. The van der Waals surface area contributed by atoms with Gasteiger partial charge in [-0.05, 0) is 135 Å². The highest BCUT2D eigenvalue weighted by Crippen LogP contribution is 2.29. The second-order valence-electron chi connectivity index (χ2n) is 21.2. The summed E-state index contributed by atoms with van der Waals surface area (Å²) in [5.41, 5.74) is 11.1. The molecule has 0 saturated carbocycles. The SMILES string of the molecule is CC(C)C1CC(=O)COc2ccc(cc2)-c2cccc(c2)[C@@H](C)OC(=O)[C@@H]2CCCN(N2)C(=O)[C@H](C)NC1=O.CC(C)[C@H](CC(=O)COc1ccc(-c2cccc([C@@H](C)O)c2)cc1)C(=O)N[C@@H](C)C(=O)N1CCC[C@@H](C(=O)O)N1. The number of aliphatic carboxylic acids is 1. The molecule has 2 fully saturated rings. The van der Waals surface area contributed by atoms with E-state index >= 15 is 0 Å². The van der Waals surface area contributed by atoms with Crippen molar-refractivity contribution in [1.82, 2.24) is 31.5 Å². The number of hydrogen-bond donors (Lipinski definition) is 6. The molecule has 0 aromatic heterocycles. The maximum absolute atomic E-state index is 13.1. The molecule has 0 spiro atoms. The fourth-order valence-corrected chi connectivity index (χ4v) is 9.43. The van der Waals surface area contributed by atoms with E-state index in [1.54, 1.807) is 45.0 Å². The standard InChI is InChI=1S/C30H39N3O7.C30H37N3O6/c1-18(2)26(28(36)31-19(3)29(37)33-14-6-9-27(32-33)30(38)39)16-24(35)17-40-25-12-10-21(11-13-25)23-8-5-7-22(15-23)20(4)34;1-18(2)26-16-24(34)17-38-25-12-10-21(11-13-25)23-8-5-7-22(15-23)20(4)39-30(37)27-9-6-14-33(32-27)29(36)19(3)31-28(26)35/h5,7-8,10-13,15,18-20,26-27,32,34H,6,9,14,16-17H2,1-4H3,(H,31,36)(H,38,39);5,7-8,10-13,15,18-20,26-27,32H,6,9,14,16-17H2,1-4H3,(H,31,35)/t19-,20+,26-,27-;19-,20+,26?,27-/m00/s1. The number of nitrogens with zero attached hydrogens (tertiary/aromatic N) is 2. The van der Waals surface area contributed by atoms with Gasteiger partial charge < -0.3 is 35.1 Å². The van der Waals surface area contributed by atoms with Crippen molar-refractivity contribution in [1.29, 1.82) is 0 Å². The van der Waals surface area contributed by atoms with E-state index in [0.717, 1.165) is 33.4 Å². The lowest BCUT2D eigenvalue weighted by molar-refractivity contribution is -0.157. The van der Waals surface area contributed by atoms with E-state index < -0.39 is 72.0 Å². The second kappa shape index (κ2) is 28.4. The summed E-state index contributed by atoms with van der Waals surface area (Å²) < 4.78 is 17.2. The van der Waals surface area contributed by atoms with Crippen LogP contribution in [0.15, 0.2) is 97.1 Å². The van der Waals surface area contributed by atoms with E-state index in [0.29, 0.717) is 50.3 Å². The molecular weight excluding hydrogens is 1010 g/mol. The van der Waals surface area contributed by atoms with Crippen molar-refractivity contribution in [2.45, 2.75) is 130 Å². The number of amides is 4. The summed E-state index contributed by atoms with van der Waals surface area (Å²) in [5.74, 6) is -3.98. The summed E-state index contributed by atoms with van der Waals surface area (Å²) in [5, 5.41) is 27.1. The van der Waals surface area contributed by atoms with E-state index in [9.17, 15) is 48.6 Å². The van der Waals surface area contributed by atoms with Crippen molar-refractivity contribution in [2.24, 2.45) is 23.7 Å². The fraction of sp³-hybridized carbons (Fsp3) is 0.467. The lowest BCUT2D eigenvalue weighted by Gasteiger charge is -2.35. The molecule has 19 nitrogen and oxygen atoms in total. The summed E-state index contributed by atoms with van der Waals surface area (Å²) in [6.07, 6.45) is 1.00. The van der Waals surface area contributed by atoms with Crippen molar-refractivity contribution in [3.63, 3.8) is 0 Å². The highest BCUT2D eigenvalue weighted by atomic mass is 16.5. The molecule has 79 heavy (non-hydrogen) atoms. The first-order valence-corrected chi connectivity index (χ1v) is 27.1. The van der Waals surface area contributed by atoms with Gasteiger partial charge in [0.05, 0.1) is 6.10 Å². The molecular formula is C60H76N6O13.